The standard InChI is InChI=1S/C23H29N5O2S/c1-17(29-4)22-27-20(16-31-22)14-28(3)23(24-2)26-13-19-11-8-12-25-21(19)30-15-18-9-6-5-7-10-18/h5-12,16-17H,13-15H2,1-4H3,(H,24,26). The third kappa shape index (κ3) is 6.50. The lowest BCUT2D eigenvalue weighted by molar-refractivity contribution is 0.119. The van der Waals surface area contributed by atoms with Crippen molar-refractivity contribution < 1.29 is 9.47 Å². The molecule has 1 N–H and O–H groups in total. The molecule has 0 saturated carbocycles. The number of pyridine rings is 1. The number of hydrogen-bond donors (Lipinski definition) is 1. The molecule has 0 bridgehead atoms. The van der Waals surface area contributed by atoms with Gasteiger partial charge in [-0.05, 0) is 18.6 Å². The Morgan fingerprint density at radius 3 is 2.77 bits per heavy atom. The van der Waals surface area contributed by atoms with Gasteiger partial charge in [0.1, 0.15) is 17.7 Å². The van der Waals surface area contributed by atoms with E-state index in [2.05, 4.69) is 25.7 Å². The number of thiazole rings is 1. The van der Waals surface area contributed by atoms with Gasteiger partial charge in [-0.3, -0.25) is 4.99 Å². The summed E-state index contributed by atoms with van der Waals surface area (Å²) in [5, 5.41) is 6.43. The van der Waals surface area contributed by atoms with Crippen LogP contribution in [0.25, 0.3) is 0 Å². The van der Waals surface area contributed by atoms with Crippen LogP contribution in [0.15, 0.2) is 59.0 Å². The molecule has 1 aromatic carbocycles. The fraction of sp³-hybridized carbons (Fsp3) is 0.348. The summed E-state index contributed by atoms with van der Waals surface area (Å²) in [6.07, 6.45) is 1.74. The summed E-state index contributed by atoms with van der Waals surface area (Å²) < 4.78 is 11.3. The minimum atomic E-state index is 0.00128. The monoisotopic (exact) mass is 439 g/mol. The zero-order valence-electron chi connectivity index (χ0n) is 18.4. The van der Waals surface area contributed by atoms with Gasteiger partial charge in [0.25, 0.3) is 0 Å². The Morgan fingerprint density at radius 1 is 1.23 bits per heavy atom. The molecule has 3 aromatic rings. The van der Waals surface area contributed by atoms with Crippen molar-refractivity contribution in [1.82, 2.24) is 20.2 Å². The first kappa shape index (κ1) is 22.7. The highest BCUT2D eigenvalue weighted by molar-refractivity contribution is 7.09. The van der Waals surface area contributed by atoms with Gasteiger partial charge in [-0.15, -0.1) is 11.3 Å². The van der Waals surface area contributed by atoms with Crippen molar-refractivity contribution in [2.24, 2.45) is 4.99 Å². The van der Waals surface area contributed by atoms with Crippen molar-refractivity contribution >= 4 is 17.3 Å². The van der Waals surface area contributed by atoms with E-state index in [0.717, 1.165) is 27.8 Å². The van der Waals surface area contributed by atoms with Crippen LogP contribution in [0, 0.1) is 0 Å². The Balaban J connectivity index is 1.58. The third-order valence-electron chi connectivity index (χ3n) is 4.75. The second kappa shape index (κ2) is 11.4. The molecular formula is C23H29N5O2S. The smallest absolute Gasteiger partial charge is 0.218 e. The predicted octanol–water partition coefficient (Wildman–Crippen LogP) is 4.03. The van der Waals surface area contributed by atoms with E-state index in [-0.39, 0.29) is 6.10 Å². The van der Waals surface area contributed by atoms with E-state index in [0.29, 0.717) is 25.6 Å². The van der Waals surface area contributed by atoms with Crippen molar-refractivity contribution in [2.45, 2.75) is 32.7 Å². The van der Waals surface area contributed by atoms with E-state index in [1.807, 2.05) is 61.3 Å². The van der Waals surface area contributed by atoms with Crippen molar-refractivity contribution in [3.05, 3.63) is 75.9 Å². The number of guanidine groups is 1. The lowest BCUT2D eigenvalue weighted by Crippen LogP contribution is -2.38. The van der Waals surface area contributed by atoms with E-state index in [1.165, 1.54) is 0 Å². The Hall–Kier alpha value is -2.97. The largest absolute Gasteiger partial charge is 0.473 e. The zero-order valence-corrected chi connectivity index (χ0v) is 19.2. The lowest BCUT2D eigenvalue weighted by atomic mass is 10.2. The van der Waals surface area contributed by atoms with Crippen molar-refractivity contribution in [1.29, 1.82) is 0 Å². The van der Waals surface area contributed by atoms with Gasteiger partial charge in [0.05, 0.1) is 12.2 Å². The quantitative estimate of drug-likeness (QED) is 0.401. The van der Waals surface area contributed by atoms with Gasteiger partial charge in [0.2, 0.25) is 5.88 Å². The molecule has 1 atom stereocenters. The molecule has 0 aliphatic heterocycles. The van der Waals surface area contributed by atoms with Gasteiger partial charge >= 0.3 is 0 Å². The van der Waals surface area contributed by atoms with E-state index in [1.54, 1.807) is 31.7 Å². The average molecular weight is 440 g/mol. The lowest BCUT2D eigenvalue weighted by Gasteiger charge is -2.21. The average Bonchev–Trinajstić information content (AvgIpc) is 3.27. The number of benzene rings is 1. The van der Waals surface area contributed by atoms with Gasteiger partial charge in [-0.1, -0.05) is 36.4 Å². The van der Waals surface area contributed by atoms with E-state index in [4.69, 9.17) is 9.47 Å². The highest BCUT2D eigenvalue weighted by Gasteiger charge is 2.13. The summed E-state index contributed by atoms with van der Waals surface area (Å²) >= 11 is 1.61. The Labute approximate surface area is 187 Å². The molecule has 0 fully saturated rings. The number of nitrogens with zero attached hydrogens (tertiary/aromatic N) is 4. The molecule has 31 heavy (non-hydrogen) atoms. The van der Waals surface area contributed by atoms with Gasteiger partial charge in [0, 0.05) is 44.9 Å². The third-order valence-corrected chi connectivity index (χ3v) is 5.80. The van der Waals surface area contributed by atoms with Crippen LogP contribution >= 0.6 is 11.3 Å². The molecule has 0 radical (unpaired) electrons. The maximum atomic E-state index is 5.96. The molecule has 2 aromatic heterocycles. The summed E-state index contributed by atoms with van der Waals surface area (Å²) in [5.41, 5.74) is 3.06. The molecule has 0 saturated heterocycles. The van der Waals surface area contributed by atoms with Crippen LogP contribution in [-0.4, -0.2) is 42.0 Å². The minimum absolute atomic E-state index is 0.00128. The van der Waals surface area contributed by atoms with Gasteiger partial charge in [0.15, 0.2) is 5.96 Å². The molecule has 3 rings (SSSR count). The van der Waals surface area contributed by atoms with Crippen LogP contribution < -0.4 is 10.1 Å². The Bertz CT molecular complexity index is 977. The van der Waals surface area contributed by atoms with E-state index >= 15 is 0 Å². The molecule has 0 aliphatic carbocycles. The normalized spacial score (nSPS) is 12.5. The number of aromatic nitrogens is 2. The van der Waals surface area contributed by atoms with Gasteiger partial charge in [-0.2, -0.15) is 0 Å². The first-order chi connectivity index (χ1) is 15.1. The maximum Gasteiger partial charge on any atom is 0.218 e. The molecule has 2 heterocycles. The number of rotatable bonds is 9. The van der Waals surface area contributed by atoms with Crippen molar-refractivity contribution in [3.63, 3.8) is 0 Å². The highest BCUT2D eigenvalue weighted by Crippen LogP contribution is 2.21. The summed E-state index contributed by atoms with van der Waals surface area (Å²) in [6.45, 7) is 3.68. The highest BCUT2D eigenvalue weighted by atomic mass is 32.1. The van der Waals surface area contributed by atoms with Crippen LogP contribution in [0.3, 0.4) is 0 Å². The fourth-order valence-electron chi connectivity index (χ4n) is 2.97. The summed E-state index contributed by atoms with van der Waals surface area (Å²) in [4.78, 5) is 15.5. The number of nitrogens with one attached hydrogen (secondary N) is 1. The molecule has 7 nitrogen and oxygen atoms in total. The molecule has 8 heteroatoms. The molecular weight excluding hydrogens is 410 g/mol. The second-order valence-electron chi connectivity index (χ2n) is 7.05. The molecule has 0 amide bonds. The Morgan fingerprint density at radius 2 is 2.03 bits per heavy atom. The van der Waals surface area contributed by atoms with Crippen LogP contribution in [0.2, 0.25) is 0 Å². The minimum Gasteiger partial charge on any atom is -0.473 e. The molecule has 164 valence electrons. The van der Waals surface area contributed by atoms with Gasteiger partial charge in [-0.25, -0.2) is 9.97 Å². The summed E-state index contributed by atoms with van der Waals surface area (Å²) in [7, 11) is 5.46. The van der Waals surface area contributed by atoms with Crippen LogP contribution in [0.4, 0.5) is 0 Å². The Kier molecular flexibility index (Phi) is 8.37. The van der Waals surface area contributed by atoms with Crippen molar-refractivity contribution in [2.75, 3.05) is 21.2 Å². The van der Waals surface area contributed by atoms with Crippen LogP contribution in [-0.2, 0) is 24.4 Å². The first-order valence-corrected chi connectivity index (χ1v) is 11.0. The summed E-state index contributed by atoms with van der Waals surface area (Å²) in [6, 6.07) is 14.0. The molecule has 0 spiro atoms. The second-order valence-corrected chi connectivity index (χ2v) is 7.94. The van der Waals surface area contributed by atoms with E-state index in [9.17, 15) is 0 Å². The summed E-state index contributed by atoms with van der Waals surface area (Å²) in [5.74, 6) is 1.39. The molecule has 0 aliphatic rings. The number of methoxy groups -OCH3 is 1. The van der Waals surface area contributed by atoms with E-state index < -0.39 is 0 Å². The molecule has 1 unspecified atom stereocenters. The SMILES string of the molecule is CN=C(NCc1cccnc1OCc1ccccc1)N(C)Cc1csc(C(C)OC)n1. The van der Waals surface area contributed by atoms with Crippen molar-refractivity contribution in [3.8, 4) is 5.88 Å². The number of hydrogen-bond acceptors (Lipinski definition) is 6. The maximum absolute atomic E-state index is 5.96. The zero-order chi connectivity index (χ0) is 22.1. The van der Waals surface area contributed by atoms with Crippen LogP contribution in [0.5, 0.6) is 5.88 Å². The first-order valence-electron chi connectivity index (χ1n) is 10.1. The van der Waals surface area contributed by atoms with Gasteiger partial charge < -0.3 is 19.7 Å². The fourth-order valence-corrected chi connectivity index (χ4v) is 3.82. The number of aliphatic imine (C=N–C) groups is 1. The topological polar surface area (TPSA) is 71.9 Å². The number of ether oxygens (including phenoxy) is 2. The predicted molar refractivity (Wildman–Crippen MR) is 124 cm³/mol. The van der Waals surface area contributed by atoms with Crippen LogP contribution in [0.1, 0.15) is 34.9 Å².